The van der Waals surface area contributed by atoms with Crippen LogP contribution in [0.2, 0.25) is 5.15 Å². The maximum atomic E-state index is 11.7. The van der Waals surface area contributed by atoms with E-state index in [9.17, 15) is 8.42 Å². The number of aryl methyl sites for hydroxylation is 1. The Bertz CT molecular complexity index is 1160. The number of para-hydroxylation sites is 2. The topological polar surface area (TPSA) is 98.1 Å². The van der Waals surface area contributed by atoms with E-state index < -0.39 is 10.0 Å². The lowest BCUT2D eigenvalue weighted by atomic mass is 10.2. The molecule has 1 unspecified atom stereocenters. The molecule has 0 aliphatic carbocycles. The zero-order valence-electron chi connectivity index (χ0n) is 16.1. The van der Waals surface area contributed by atoms with Crippen LogP contribution in [0.1, 0.15) is 31.3 Å². The Hall–Kier alpha value is -2.36. The van der Waals surface area contributed by atoms with Gasteiger partial charge in [0.05, 0.1) is 23.3 Å². The summed E-state index contributed by atoms with van der Waals surface area (Å²) in [7, 11) is -3.42. The Morgan fingerprint density at radius 2 is 1.93 bits per heavy atom. The number of rotatable bonds is 5. The number of imidazole rings is 1. The van der Waals surface area contributed by atoms with Gasteiger partial charge in [-0.1, -0.05) is 23.7 Å². The molecule has 1 saturated heterocycles. The minimum Gasteiger partial charge on any atom is -0.358 e. The van der Waals surface area contributed by atoms with Crippen molar-refractivity contribution in [3.05, 3.63) is 41.3 Å². The van der Waals surface area contributed by atoms with Gasteiger partial charge in [0, 0.05) is 12.7 Å². The predicted molar refractivity (Wildman–Crippen MR) is 114 cm³/mol. The second kappa shape index (κ2) is 7.81. The van der Waals surface area contributed by atoms with E-state index in [4.69, 9.17) is 21.3 Å². The number of pyridine rings is 1. The zero-order valence-corrected chi connectivity index (χ0v) is 17.7. The standard InChI is InChI=1S/C19H22ClN5O3S/c1-12-21-18-15(22-13-7-3-4-8-14(13)24-29(2,26)27)11-16(20)23-19(18)25(12)17-9-5-6-10-28-17/h3-4,7-8,11,17,24H,5-6,9-10H2,1-2H3,(H,22,23). The first-order valence-electron chi connectivity index (χ1n) is 9.32. The first kappa shape index (κ1) is 19.9. The van der Waals surface area contributed by atoms with E-state index in [-0.39, 0.29) is 6.23 Å². The van der Waals surface area contributed by atoms with Crippen molar-refractivity contribution in [2.75, 3.05) is 22.9 Å². The monoisotopic (exact) mass is 435 g/mol. The van der Waals surface area contributed by atoms with Gasteiger partial charge in [-0.25, -0.2) is 18.4 Å². The van der Waals surface area contributed by atoms with Crippen LogP contribution in [0.25, 0.3) is 11.2 Å². The van der Waals surface area contributed by atoms with Crippen molar-refractivity contribution in [2.24, 2.45) is 0 Å². The van der Waals surface area contributed by atoms with Crippen molar-refractivity contribution >= 4 is 49.9 Å². The molecule has 3 aromatic rings. The maximum Gasteiger partial charge on any atom is 0.229 e. The van der Waals surface area contributed by atoms with Gasteiger partial charge in [0.1, 0.15) is 22.7 Å². The highest BCUT2D eigenvalue weighted by Crippen LogP contribution is 2.34. The summed E-state index contributed by atoms with van der Waals surface area (Å²) in [5.41, 5.74) is 2.94. The van der Waals surface area contributed by atoms with Gasteiger partial charge in [0.2, 0.25) is 10.0 Å². The molecule has 2 N–H and O–H groups in total. The summed E-state index contributed by atoms with van der Waals surface area (Å²) in [6.45, 7) is 2.62. The summed E-state index contributed by atoms with van der Waals surface area (Å²) in [6, 6.07) is 8.72. The number of sulfonamides is 1. The van der Waals surface area contributed by atoms with Gasteiger partial charge in [0.15, 0.2) is 5.65 Å². The molecule has 2 aromatic heterocycles. The Labute approximate surface area is 174 Å². The number of nitrogens with one attached hydrogen (secondary N) is 2. The highest BCUT2D eigenvalue weighted by Gasteiger charge is 2.23. The molecule has 0 amide bonds. The first-order chi connectivity index (χ1) is 13.8. The first-order valence-corrected chi connectivity index (χ1v) is 11.6. The molecule has 1 aliphatic rings. The third kappa shape index (κ3) is 4.31. The lowest BCUT2D eigenvalue weighted by Crippen LogP contribution is -2.19. The lowest BCUT2D eigenvalue weighted by molar-refractivity contribution is -0.0309. The Morgan fingerprint density at radius 1 is 1.17 bits per heavy atom. The molecule has 1 aliphatic heterocycles. The molecular weight excluding hydrogens is 414 g/mol. The summed E-state index contributed by atoms with van der Waals surface area (Å²) in [6.07, 6.45) is 4.02. The van der Waals surface area contributed by atoms with Gasteiger partial charge in [-0.15, -0.1) is 0 Å². The molecule has 29 heavy (non-hydrogen) atoms. The quantitative estimate of drug-likeness (QED) is 0.582. The van der Waals surface area contributed by atoms with Crippen molar-refractivity contribution in [2.45, 2.75) is 32.4 Å². The van der Waals surface area contributed by atoms with Crippen molar-refractivity contribution < 1.29 is 13.2 Å². The molecule has 8 nitrogen and oxygen atoms in total. The van der Waals surface area contributed by atoms with Gasteiger partial charge in [-0.05, 0) is 38.3 Å². The highest BCUT2D eigenvalue weighted by molar-refractivity contribution is 7.92. The largest absolute Gasteiger partial charge is 0.358 e. The average molecular weight is 436 g/mol. The normalized spacial score (nSPS) is 17.4. The van der Waals surface area contributed by atoms with E-state index in [2.05, 4.69) is 15.0 Å². The number of hydrogen-bond donors (Lipinski definition) is 2. The number of aromatic nitrogens is 3. The molecule has 1 aromatic carbocycles. The number of hydrogen-bond acceptors (Lipinski definition) is 6. The second-order valence-electron chi connectivity index (χ2n) is 7.06. The van der Waals surface area contributed by atoms with Gasteiger partial charge in [0.25, 0.3) is 0 Å². The van der Waals surface area contributed by atoms with Crippen LogP contribution in [-0.2, 0) is 14.8 Å². The summed E-state index contributed by atoms with van der Waals surface area (Å²) in [5.74, 6) is 0.785. The summed E-state index contributed by atoms with van der Waals surface area (Å²) in [4.78, 5) is 9.18. The SMILES string of the molecule is Cc1nc2c(Nc3ccccc3NS(C)(=O)=O)cc(Cl)nc2n1C1CCCCO1. The molecule has 1 atom stereocenters. The van der Waals surface area contributed by atoms with E-state index in [0.29, 0.717) is 40.0 Å². The van der Waals surface area contributed by atoms with Crippen LogP contribution in [0.15, 0.2) is 30.3 Å². The van der Waals surface area contributed by atoms with Gasteiger partial charge in [-0.3, -0.25) is 9.29 Å². The Morgan fingerprint density at radius 3 is 2.62 bits per heavy atom. The Balaban J connectivity index is 1.78. The fourth-order valence-corrected chi connectivity index (χ4v) is 4.30. The van der Waals surface area contributed by atoms with Crippen LogP contribution < -0.4 is 10.0 Å². The van der Waals surface area contributed by atoms with Crippen LogP contribution in [-0.4, -0.2) is 35.8 Å². The van der Waals surface area contributed by atoms with Crippen LogP contribution >= 0.6 is 11.6 Å². The number of fused-ring (bicyclic) bond motifs is 1. The number of anilines is 3. The second-order valence-corrected chi connectivity index (χ2v) is 9.20. The molecule has 3 heterocycles. The van der Waals surface area contributed by atoms with E-state index in [0.717, 1.165) is 31.3 Å². The number of ether oxygens (including phenoxy) is 1. The molecule has 10 heteroatoms. The van der Waals surface area contributed by atoms with E-state index in [1.165, 1.54) is 0 Å². The molecule has 0 radical (unpaired) electrons. The highest BCUT2D eigenvalue weighted by atomic mass is 35.5. The number of benzene rings is 1. The molecular formula is C19H22ClN5O3S. The van der Waals surface area contributed by atoms with Crippen LogP contribution in [0.5, 0.6) is 0 Å². The molecule has 1 fully saturated rings. The third-order valence-electron chi connectivity index (χ3n) is 4.73. The average Bonchev–Trinajstić information content (AvgIpc) is 2.99. The number of halogens is 1. The van der Waals surface area contributed by atoms with E-state index in [1.54, 1.807) is 24.3 Å². The Kier molecular flexibility index (Phi) is 5.37. The smallest absolute Gasteiger partial charge is 0.229 e. The van der Waals surface area contributed by atoms with E-state index >= 15 is 0 Å². The molecule has 154 valence electrons. The summed E-state index contributed by atoms with van der Waals surface area (Å²) in [5, 5.41) is 3.57. The van der Waals surface area contributed by atoms with Crippen molar-refractivity contribution in [3.8, 4) is 0 Å². The third-order valence-corrected chi connectivity index (χ3v) is 5.51. The van der Waals surface area contributed by atoms with Crippen LogP contribution in [0, 0.1) is 6.92 Å². The van der Waals surface area contributed by atoms with Crippen LogP contribution in [0.4, 0.5) is 17.1 Å². The van der Waals surface area contributed by atoms with Crippen LogP contribution in [0.3, 0.4) is 0 Å². The summed E-state index contributed by atoms with van der Waals surface area (Å²) >= 11 is 6.31. The minimum absolute atomic E-state index is 0.119. The fourth-order valence-electron chi connectivity index (χ4n) is 3.53. The minimum atomic E-state index is -3.42. The van der Waals surface area contributed by atoms with Gasteiger partial charge >= 0.3 is 0 Å². The molecule has 0 spiro atoms. The van der Waals surface area contributed by atoms with Crippen molar-refractivity contribution in [1.29, 1.82) is 0 Å². The molecule has 4 rings (SSSR count). The predicted octanol–water partition coefficient (Wildman–Crippen LogP) is 4.21. The van der Waals surface area contributed by atoms with Crippen molar-refractivity contribution in [3.63, 3.8) is 0 Å². The van der Waals surface area contributed by atoms with E-state index in [1.807, 2.05) is 17.6 Å². The van der Waals surface area contributed by atoms with Crippen molar-refractivity contribution in [1.82, 2.24) is 14.5 Å². The zero-order chi connectivity index (χ0) is 20.6. The molecule has 0 saturated carbocycles. The van der Waals surface area contributed by atoms with Gasteiger partial charge < -0.3 is 10.1 Å². The summed E-state index contributed by atoms with van der Waals surface area (Å²) < 4.78 is 33.8. The fraction of sp³-hybridized carbons (Fsp3) is 0.368. The van der Waals surface area contributed by atoms with Gasteiger partial charge in [-0.2, -0.15) is 0 Å². The number of nitrogens with zero attached hydrogens (tertiary/aromatic N) is 3. The lowest BCUT2D eigenvalue weighted by Gasteiger charge is -2.25. The molecule has 0 bridgehead atoms. The maximum absolute atomic E-state index is 11.7.